The standard InChI is InChI=1S/C16H24O3/c1-16(10-9-13-7-8-14(13)12-16)19-11-5-3-4-6-15(17)18-2/h9-10H,3-8,11-12H2,1-2H3. The van der Waals surface area contributed by atoms with Crippen LogP contribution in [0, 0.1) is 0 Å². The molecule has 0 heterocycles. The molecular weight excluding hydrogens is 240 g/mol. The van der Waals surface area contributed by atoms with Crippen LogP contribution in [-0.4, -0.2) is 25.3 Å². The molecule has 2 aliphatic carbocycles. The van der Waals surface area contributed by atoms with Crippen molar-refractivity contribution in [1.29, 1.82) is 0 Å². The Morgan fingerprint density at radius 2 is 2.16 bits per heavy atom. The van der Waals surface area contributed by atoms with Crippen LogP contribution in [0.1, 0.15) is 51.9 Å². The summed E-state index contributed by atoms with van der Waals surface area (Å²) in [6, 6.07) is 0. The highest BCUT2D eigenvalue weighted by Gasteiger charge is 2.30. The van der Waals surface area contributed by atoms with Crippen LogP contribution in [0.4, 0.5) is 0 Å². The maximum absolute atomic E-state index is 10.9. The summed E-state index contributed by atoms with van der Waals surface area (Å²) in [7, 11) is 1.44. The van der Waals surface area contributed by atoms with E-state index in [9.17, 15) is 4.79 Å². The van der Waals surface area contributed by atoms with Crippen LogP contribution >= 0.6 is 0 Å². The van der Waals surface area contributed by atoms with Crippen LogP contribution < -0.4 is 0 Å². The van der Waals surface area contributed by atoms with E-state index in [1.807, 2.05) is 0 Å². The molecule has 1 atom stereocenters. The first kappa shape index (κ1) is 14.3. The number of hydrogen-bond acceptors (Lipinski definition) is 3. The Bertz CT molecular complexity index is 395. The molecule has 0 aromatic heterocycles. The topological polar surface area (TPSA) is 35.5 Å². The van der Waals surface area contributed by atoms with Gasteiger partial charge in [0.1, 0.15) is 0 Å². The van der Waals surface area contributed by atoms with Crippen LogP contribution in [0.5, 0.6) is 0 Å². The van der Waals surface area contributed by atoms with E-state index in [-0.39, 0.29) is 11.6 Å². The minimum atomic E-state index is -0.118. The van der Waals surface area contributed by atoms with Crippen molar-refractivity contribution in [2.45, 2.75) is 57.5 Å². The van der Waals surface area contributed by atoms with E-state index in [0.29, 0.717) is 6.42 Å². The van der Waals surface area contributed by atoms with Gasteiger partial charge >= 0.3 is 5.97 Å². The van der Waals surface area contributed by atoms with Gasteiger partial charge in [0.2, 0.25) is 0 Å². The number of unbranched alkanes of at least 4 members (excludes halogenated alkanes) is 2. The van der Waals surface area contributed by atoms with Crippen molar-refractivity contribution in [3.8, 4) is 0 Å². The number of ether oxygens (including phenoxy) is 2. The molecule has 106 valence electrons. The zero-order valence-electron chi connectivity index (χ0n) is 12.0. The number of rotatable bonds is 7. The second kappa shape index (κ2) is 6.38. The molecule has 19 heavy (non-hydrogen) atoms. The maximum Gasteiger partial charge on any atom is 0.305 e. The summed E-state index contributed by atoms with van der Waals surface area (Å²) >= 11 is 0. The highest BCUT2D eigenvalue weighted by atomic mass is 16.5. The first-order valence-corrected chi connectivity index (χ1v) is 7.24. The van der Waals surface area contributed by atoms with E-state index in [4.69, 9.17) is 4.74 Å². The van der Waals surface area contributed by atoms with Gasteiger partial charge in [-0.15, -0.1) is 0 Å². The van der Waals surface area contributed by atoms with Crippen molar-refractivity contribution < 1.29 is 14.3 Å². The third-order valence-corrected chi connectivity index (χ3v) is 4.04. The van der Waals surface area contributed by atoms with Crippen molar-refractivity contribution in [2.24, 2.45) is 0 Å². The third-order valence-electron chi connectivity index (χ3n) is 4.04. The van der Waals surface area contributed by atoms with E-state index in [0.717, 1.165) is 32.3 Å². The molecule has 0 aromatic carbocycles. The molecule has 3 heteroatoms. The predicted octanol–water partition coefficient (Wildman–Crippen LogP) is 3.55. The number of hydrogen-bond donors (Lipinski definition) is 0. The fourth-order valence-electron chi connectivity index (χ4n) is 2.66. The van der Waals surface area contributed by atoms with E-state index >= 15 is 0 Å². The predicted molar refractivity (Wildman–Crippen MR) is 74.9 cm³/mol. The molecule has 3 nitrogen and oxygen atoms in total. The summed E-state index contributed by atoms with van der Waals surface area (Å²) in [6.07, 6.45) is 11.4. The number of carbonyl (C=O) groups excluding carboxylic acids is 1. The van der Waals surface area contributed by atoms with Crippen LogP contribution in [-0.2, 0) is 14.3 Å². The van der Waals surface area contributed by atoms with Crippen molar-refractivity contribution >= 4 is 5.97 Å². The molecule has 0 bridgehead atoms. The Hall–Kier alpha value is -1.09. The lowest BCUT2D eigenvalue weighted by Crippen LogP contribution is -2.31. The molecule has 0 amide bonds. The zero-order valence-corrected chi connectivity index (χ0v) is 12.0. The number of esters is 1. The molecule has 0 aliphatic heterocycles. The summed E-state index contributed by atoms with van der Waals surface area (Å²) in [5, 5.41) is 0. The van der Waals surface area contributed by atoms with Gasteiger partial charge in [0, 0.05) is 19.4 Å². The lowest BCUT2D eigenvalue weighted by Gasteiger charge is -2.36. The summed E-state index contributed by atoms with van der Waals surface area (Å²) in [4.78, 5) is 10.9. The molecule has 0 radical (unpaired) electrons. The monoisotopic (exact) mass is 264 g/mol. The molecule has 0 fully saturated rings. The molecule has 1 unspecified atom stereocenters. The molecule has 2 aliphatic rings. The van der Waals surface area contributed by atoms with Crippen LogP contribution in [0.15, 0.2) is 23.3 Å². The highest BCUT2D eigenvalue weighted by Crippen LogP contribution is 2.40. The van der Waals surface area contributed by atoms with Gasteiger partial charge in [-0.2, -0.15) is 0 Å². The smallest absolute Gasteiger partial charge is 0.305 e. The minimum absolute atomic E-state index is 0.110. The van der Waals surface area contributed by atoms with Crippen molar-refractivity contribution in [3.05, 3.63) is 23.3 Å². The third kappa shape index (κ3) is 3.93. The summed E-state index contributed by atoms with van der Waals surface area (Å²) < 4.78 is 10.6. The van der Waals surface area contributed by atoms with Crippen LogP contribution in [0.25, 0.3) is 0 Å². The average Bonchev–Trinajstić information content (AvgIpc) is 2.37. The Labute approximate surface area is 115 Å². The second-order valence-electron chi connectivity index (χ2n) is 5.69. The summed E-state index contributed by atoms with van der Waals surface area (Å²) in [5.74, 6) is -0.118. The number of carbonyl (C=O) groups is 1. The van der Waals surface area contributed by atoms with Gasteiger partial charge in [-0.1, -0.05) is 24.1 Å². The van der Waals surface area contributed by atoms with E-state index in [1.54, 1.807) is 5.57 Å². The minimum Gasteiger partial charge on any atom is -0.469 e. The first-order valence-electron chi connectivity index (χ1n) is 7.24. The molecule has 0 spiro atoms. The molecule has 0 saturated carbocycles. The maximum atomic E-state index is 10.9. The van der Waals surface area contributed by atoms with Crippen LogP contribution in [0.3, 0.4) is 0 Å². The van der Waals surface area contributed by atoms with Gasteiger partial charge in [0.15, 0.2) is 0 Å². The Morgan fingerprint density at radius 1 is 1.32 bits per heavy atom. The second-order valence-corrected chi connectivity index (χ2v) is 5.69. The van der Waals surface area contributed by atoms with Crippen molar-refractivity contribution in [2.75, 3.05) is 13.7 Å². The normalized spacial score (nSPS) is 24.9. The van der Waals surface area contributed by atoms with Crippen molar-refractivity contribution in [3.63, 3.8) is 0 Å². The Morgan fingerprint density at radius 3 is 2.79 bits per heavy atom. The van der Waals surface area contributed by atoms with Gasteiger partial charge in [0.25, 0.3) is 0 Å². The molecule has 0 saturated heterocycles. The number of methoxy groups -OCH3 is 1. The van der Waals surface area contributed by atoms with E-state index in [2.05, 4.69) is 23.8 Å². The molecule has 0 aromatic rings. The van der Waals surface area contributed by atoms with Gasteiger partial charge in [-0.3, -0.25) is 4.79 Å². The zero-order chi connectivity index (χ0) is 13.7. The summed E-state index contributed by atoms with van der Waals surface area (Å²) in [6.45, 7) is 2.94. The van der Waals surface area contributed by atoms with E-state index < -0.39 is 0 Å². The number of allylic oxidation sites excluding steroid dienone is 2. The molecule has 0 N–H and O–H groups in total. The first-order chi connectivity index (χ1) is 9.13. The molecular formula is C16H24O3. The van der Waals surface area contributed by atoms with Crippen LogP contribution in [0.2, 0.25) is 0 Å². The van der Waals surface area contributed by atoms with Gasteiger partial charge in [-0.25, -0.2) is 0 Å². The lowest BCUT2D eigenvalue weighted by molar-refractivity contribution is -0.140. The van der Waals surface area contributed by atoms with Crippen molar-refractivity contribution in [1.82, 2.24) is 0 Å². The fraction of sp³-hybridized carbons (Fsp3) is 0.688. The fourth-order valence-corrected chi connectivity index (χ4v) is 2.66. The highest BCUT2D eigenvalue weighted by molar-refractivity contribution is 5.68. The SMILES string of the molecule is COC(=O)CCCCCOC1(C)C=CC2=C(CC2)C1. The van der Waals surface area contributed by atoms with Gasteiger partial charge < -0.3 is 9.47 Å². The quantitative estimate of drug-likeness (QED) is 0.521. The Kier molecular flexibility index (Phi) is 4.81. The van der Waals surface area contributed by atoms with Gasteiger partial charge in [0.05, 0.1) is 12.7 Å². The molecule has 2 rings (SSSR count). The Balaban J connectivity index is 1.59. The average molecular weight is 264 g/mol. The largest absolute Gasteiger partial charge is 0.469 e. The summed E-state index contributed by atoms with van der Waals surface area (Å²) in [5.41, 5.74) is 3.00. The van der Waals surface area contributed by atoms with Gasteiger partial charge in [-0.05, 0) is 38.2 Å². The van der Waals surface area contributed by atoms with E-state index in [1.165, 1.54) is 25.5 Å². The lowest BCUT2D eigenvalue weighted by atomic mass is 9.77.